The van der Waals surface area contributed by atoms with Crippen molar-refractivity contribution in [3.8, 4) is 0 Å². The van der Waals surface area contributed by atoms with E-state index in [1.54, 1.807) is 18.5 Å². The summed E-state index contributed by atoms with van der Waals surface area (Å²) in [4.78, 5) is 20.1. The molecule has 1 aromatic carbocycles. The van der Waals surface area contributed by atoms with Crippen molar-refractivity contribution in [2.24, 2.45) is 0 Å². The summed E-state index contributed by atoms with van der Waals surface area (Å²) in [7, 11) is 0. The van der Waals surface area contributed by atoms with Crippen LogP contribution in [-0.4, -0.2) is 21.1 Å². The minimum Gasteiger partial charge on any atom is -0.351 e. The maximum atomic E-state index is 11.9. The summed E-state index contributed by atoms with van der Waals surface area (Å²) in [5.74, 6) is -0.0127. The van der Waals surface area contributed by atoms with Crippen LogP contribution in [0.25, 0.3) is 0 Å². The van der Waals surface area contributed by atoms with Crippen LogP contribution in [0.3, 0.4) is 0 Å². The second-order valence-corrected chi connectivity index (χ2v) is 5.30. The van der Waals surface area contributed by atoms with E-state index in [1.807, 2.05) is 37.3 Å². The minimum absolute atomic E-state index is 0.0127. The highest BCUT2D eigenvalue weighted by Gasteiger charge is 2.15. The highest BCUT2D eigenvalue weighted by molar-refractivity contribution is 8.00. The normalized spacial score (nSPS) is 11.8. The molecule has 0 unspecified atom stereocenters. The van der Waals surface area contributed by atoms with Gasteiger partial charge in [-0.15, -0.1) is 0 Å². The molecule has 98 valence electrons. The van der Waals surface area contributed by atoms with Crippen molar-refractivity contribution in [2.45, 2.75) is 23.9 Å². The van der Waals surface area contributed by atoms with Gasteiger partial charge in [0.2, 0.25) is 5.91 Å². The number of amides is 1. The van der Waals surface area contributed by atoms with E-state index < -0.39 is 0 Å². The molecule has 2 rings (SSSR count). The summed E-state index contributed by atoms with van der Waals surface area (Å²) in [5, 5.41) is 3.30. The van der Waals surface area contributed by atoms with Crippen LogP contribution in [0.2, 0.25) is 0 Å². The van der Waals surface area contributed by atoms with Crippen molar-refractivity contribution in [2.75, 3.05) is 0 Å². The molecule has 0 spiro atoms. The molecule has 1 aromatic heterocycles. The summed E-state index contributed by atoms with van der Waals surface area (Å²) in [6.07, 6.45) is 3.34. The zero-order valence-corrected chi connectivity index (χ0v) is 11.4. The number of carbonyl (C=O) groups is 1. The molecular formula is C14H15N3OS. The number of nitrogens with zero attached hydrogens (tertiary/aromatic N) is 2. The highest BCUT2D eigenvalue weighted by Crippen LogP contribution is 2.18. The molecule has 2 aromatic rings. The van der Waals surface area contributed by atoms with Gasteiger partial charge >= 0.3 is 0 Å². The zero-order chi connectivity index (χ0) is 13.5. The summed E-state index contributed by atoms with van der Waals surface area (Å²) >= 11 is 1.35. The molecule has 1 heterocycles. The summed E-state index contributed by atoms with van der Waals surface area (Å²) in [5.41, 5.74) is 1.09. The van der Waals surface area contributed by atoms with Gasteiger partial charge < -0.3 is 5.32 Å². The molecule has 1 amide bonds. The van der Waals surface area contributed by atoms with Gasteiger partial charge in [0.25, 0.3) is 0 Å². The van der Waals surface area contributed by atoms with Gasteiger partial charge in [-0.05, 0) is 18.6 Å². The predicted octanol–water partition coefficient (Wildman–Crippen LogP) is 2.27. The summed E-state index contributed by atoms with van der Waals surface area (Å²) in [6, 6.07) is 11.6. The van der Waals surface area contributed by atoms with Gasteiger partial charge in [-0.2, -0.15) is 0 Å². The monoisotopic (exact) mass is 273 g/mol. The largest absolute Gasteiger partial charge is 0.351 e. The first-order chi connectivity index (χ1) is 9.25. The fourth-order valence-corrected chi connectivity index (χ4v) is 2.24. The highest BCUT2D eigenvalue weighted by atomic mass is 32.2. The van der Waals surface area contributed by atoms with Crippen molar-refractivity contribution in [3.63, 3.8) is 0 Å². The standard InChI is InChI=1S/C14H15N3OS/c1-11(19-14-15-8-5-9-16-14)13(18)17-10-12-6-3-2-4-7-12/h2-9,11H,10H2,1H3,(H,17,18)/t11-/m0/s1. The quantitative estimate of drug-likeness (QED) is 0.670. The fraction of sp³-hybridized carbons (Fsp3) is 0.214. The second kappa shape index (κ2) is 6.89. The van der Waals surface area contributed by atoms with Gasteiger partial charge in [0.05, 0.1) is 5.25 Å². The van der Waals surface area contributed by atoms with Crippen LogP contribution in [0, 0.1) is 0 Å². The van der Waals surface area contributed by atoms with Gasteiger partial charge in [-0.25, -0.2) is 9.97 Å². The third kappa shape index (κ3) is 4.37. The Morgan fingerprint density at radius 1 is 1.21 bits per heavy atom. The van der Waals surface area contributed by atoms with Crippen LogP contribution in [0.5, 0.6) is 0 Å². The molecule has 0 saturated carbocycles. The average Bonchev–Trinajstić information content (AvgIpc) is 2.47. The molecule has 0 radical (unpaired) electrons. The van der Waals surface area contributed by atoms with E-state index in [0.29, 0.717) is 11.7 Å². The number of nitrogens with one attached hydrogen (secondary N) is 1. The summed E-state index contributed by atoms with van der Waals surface area (Å²) < 4.78 is 0. The van der Waals surface area contributed by atoms with Crippen molar-refractivity contribution in [3.05, 3.63) is 54.4 Å². The smallest absolute Gasteiger partial charge is 0.233 e. The lowest BCUT2D eigenvalue weighted by Gasteiger charge is -2.10. The van der Waals surface area contributed by atoms with E-state index in [-0.39, 0.29) is 11.2 Å². The lowest BCUT2D eigenvalue weighted by atomic mass is 10.2. The maximum Gasteiger partial charge on any atom is 0.233 e. The molecule has 1 atom stereocenters. The third-order valence-corrected chi connectivity index (χ3v) is 3.49. The topological polar surface area (TPSA) is 54.9 Å². The van der Waals surface area contributed by atoms with E-state index in [1.165, 1.54) is 11.8 Å². The number of aromatic nitrogens is 2. The molecule has 0 bridgehead atoms. The molecule has 1 N–H and O–H groups in total. The third-order valence-electron chi connectivity index (χ3n) is 2.50. The van der Waals surface area contributed by atoms with Crippen molar-refractivity contribution in [1.82, 2.24) is 15.3 Å². The lowest BCUT2D eigenvalue weighted by Crippen LogP contribution is -2.30. The number of hydrogen-bond donors (Lipinski definition) is 1. The van der Waals surface area contributed by atoms with Crippen LogP contribution >= 0.6 is 11.8 Å². The SMILES string of the molecule is C[C@H](Sc1ncccn1)C(=O)NCc1ccccc1. The molecule has 5 heteroatoms. The van der Waals surface area contributed by atoms with Gasteiger partial charge in [0.1, 0.15) is 0 Å². The number of benzene rings is 1. The Kier molecular flexibility index (Phi) is 4.92. The van der Waals surface area contributed by atoms with Crippen LogP contribution < -0.4 is 5.32 Å². The van der Waals surface area contributed by atoms with Crippen LogP contribution in [0.15, 0.2) is 53.9 Å². The Labute approximate surface area is 116 Å². The first-order valence-corrected chi connectivity index (χ1v) is 6.89. The van der Waals surface area contributed by atoms with Crippen molar-refractivity contribution >= 4 is 17.7 Å². The lowest BCUT2D eigenvalue weighted by molar-refractivity contribution is -0.120. The van der Waals surface area contributed by atoms with E-state index in [4.69, 9.17) is 0 Å². The molecule has 4 nitrogen and oxygen atoms in total. The van der Waals surface area contributed by atoms with E-state index >= 15 is 0 Å². The Bertz CT molecular complexity index is 519. The minimum atomic E-state index is -0.217. The van der Waals surface area contributed by atoms with Crippen LogP contribution in [-0.2, 0) is 11.3 Å². The van der Waals surface area contributed by atoms with E-state index in [2.05, 4.69) is 15.3 Å². The Morgan fingerprint density at radius 3 is 2.58 bits per heavy atom. The van der Waals surface area contributed by atoms with Gasteiger partial charge in [0.15, 0.2) is 5.16 Å². The van der Waals surface area contributed by atoms with E-state index in [9.17, 15) is 4.79 Å². The number of thioether (sulfide) groups is 1. The van der Waals surface area contributed by atoms with Gasteiger partial charge in [-0.3, -0.25) is 4.79 Å². The van der Waals surface area contributed by atoms with Gasteiger partial charge in [0, 0.05) is 18.9 Å². The second-order valence-electron chi connectivity index (χ2n) is 3.99. The molecular weight excluding hydrogens is 258 g/mol. The van der Waals surface area contributed by atoms with E-state index in [0.717, 1.165) is 5.56 Å². The number of hydrogen-bond acceptors (Lipinski definition) is 4. The number of carbonyl (C=O) groups excluding carboxylic acids is 1. The zero-order valence-electron chi connectivity index (χ0n) is 10.6. The Morgan fingerprint density at radius 2 is 1.89 bits per heavy atom. The average molecular weight is 273 g/mol. The molecule has 0 aliphatic carbocycles. The Hall–Kier alpha value is -1.88. The van der Waals surface area contributed by atoms with Gasteiger partial charge in [-0.1, -0.05) is 42.1 Å². The fourth-order valence-electron chi connectivity index (χ4n) is 1.49. The van der Waals surface area contributed by atoms with Crippen LogP contribution in [0.4, 0.5) is 0 Å². The van der Waals surface area contributed by atoms with Crippen molar-refractivity contribution < 1.29 is 4.79 Å². The molecule has 0 fully saturated rings. The van der Waals surface area contributed by atoms with Crippen LogP contribution in [0.1, 0.15) is 12.5 Å². The number of rotatable bonds is 5. The van der Waals surface area contributed by atoms with Crippen molar-refractivity contribution in [1.29, 1.82) is 0 Å². The molecule has 0 saturated heterocycles. The molecule has 19 heavy (non-hydrogen) atoms. The summed E-state index contributed by atoms with van der Waals surface area (Å²) in [6.45, 7) is 2.39. The predicted molar refractivity (Wildman–Crippen MR) is 75.6 cm³/mol. The maximum absolute atomic E-state index is 11.9. The molecule has 0 aliphatic heterocycles. The first-order valence-electron chi connectivity index (χ1n) is 6.01. The first kappa shape index (κ1) is 13.5. The Balaban J connectivity index is 1.83. The molecule has 0 aliphatic rings.